The molecule has 6 nitrogen and oxygen atoms in total. The van der Waals surface area contributed by atoms with Crippen LogP contribution in [0.15, 0.2) is 48.0 Å². The van der Waals surface area contributed by atoms with E-state index in [0.717, 1.165) is 0 Å². The number of carbonyl (C=O) groups excluding carboxylic acids is 2. The van der Waals surface area contributed by atoms with Gasteiger partial charge < -0.3 is 19.6 Å². The second-order valence-corrected chi connectivity index (χ2v) is 8.97. The van der Waals surface area contributed by atoms with Gasteiger partial charge in [-0.2, -0.15) is 0 Å². The zero-order valence-electron chi connectivity index (χ0n) is 18.4. The molecule has 0 aromatic heterocycles. The Morgan fingerprint density at radius 1 is 1.09 bits per heavy atom. The number of rotatable bonds is 7. The lowest BCUT2D eigenvalue weighted by Crippen LogP contribution is -2.35. The lowest BCUT2D eigenvalue weighted by Gasteiger charge is -2.26. The molecule has 0 unspecified atom stereocenters. The maximum Gasteiger partial charge on any atom is 0.295 e. The lowest BCUT2D eigenvalue weighted by atomic mass is 9.95. The molecular formula is C24H26Cl2N2O4. The molecule has 1 fully saturated rings. The Bertz CT molecular complexity index is 1050. The first-order valence-corrected chi connectivity index (χ1v) is 11.0. The standard InChI is InChI=1S/C24H26Cl2N2O4/c1-14(2)32-17-8-5-15(6-9-17)22(29)20-21(16-7-10-18(25)19(26)13-16)28(12-11-27(3)4)24(31)23(20)30/h5-10,13-14,21,29H,11-12H2,1-4H3/t21-/m0/s1. The number of ether oxygens (including phenoxy) is 1. The largest absolute Gasteiger partial charge is 0.507 e. The Morgan fingerprint density at radius 3 is 2.31 bits per heavy atom. The van der Waals surface area contributed by atoms with Gasteiger partial charge in [0.25, 0.3) is 11.7 Å². The first-order valence-electron chi connectivity index (χ1n) is 10.2. The second kappa shape index (κ2) is 9.94. The van der Waals surface area contributed by atoms with Crippen molar-refractivity contribution in [3.8, 4) is 5.75 Å². The molecule has 1 saturated heterocycles. The van der Waals surface area contributed by atoms with E-state index in [1.165, 1.54) is 4.90 Å². The molecule has 0 spiro atoms. The van der Waals surface area contributed by atoms with Crippen molar-refractivity contribution in [3.05, 3.63) is 69.2 Å². The topological polar surface area (TPSA) is 70.1 Å². The van der Waals surface area contributed by atoms with Crippen molar-refractivity contribution in [2.45, 2.75) is 26.0 Å². The number of nitrogens with zero attached hydrogens (tertiary/aromatic N) is 2. The van der Waals surface area contributed by atoms with E-state index in [2.05, 4.69) is 0 Å². The number of halogens is 2. The minimum absolute atomic E-state index is 0.00567. The summed E-state index contributed by atoms with van der Waals surface area (Å²) in [6.07, 6.45) is 0.00567. The average molecular weight is 477 g/mol. The van der Waals surface area contributed by atoms with Crippen molar-refractivity contribution >= 4 is 40.7 Å². The molecule has 2 aromatic rings. The third-order valence-corrected chi connectivity index (χ3v) is 5.83. The molecule has 1 atom stereocenters. The summed E-state index contributed by atoms with van der Waals surface area (Å²) in [6.45, 7) is 4.69. The van der Waals surface area contributed by atoms with Crippen molar-refractivity contribution in [1.29, 1.82) is 0 Å². The molecule has 1 aliphatic heterocycles. The maximum absolute atomic E-state index is 13.0. The normalized spacial score (nSPS) is 18.1. The summed E-state index contributed by atoms with van der Waals surface area (Å²) in [4.78, 5) is 29.3. The zero-order valence-corrected chi connectivity index (χ0v) is 19.9. The van der Waals surface area contributed by atoms with E-state index in [0.29, 0.717) is 40.0 Å². The summed E-state index contributed by atoms with van der Waals surface area (Å²) >= 11 is 12.3. The minimum atomic E-state index is -0.781. The second-order valence-electron chi connectivity index (χ2n) is 8.16. The molecule has 0 bridgehead atoms. The van der Waals surface area contributed by atoms with Gasteiger partial charge >= 0.3 is 0 Å². The van der Waals surface area contributed by atoms with Crippen molar-refractivity contribution in [3.63, 3.8) is 0 Å². The smallest absolute Gasteiger partial charge is 0.295 e. The summed E-state index contributed by atoms with van der Waals surface area (Å²) in [5.41, 5.74) is 1.03. The monoisotopic (exact) mass is 476 g/mol. The fourth-order valence-corrected chi connectivity index (χ4v) is 3.87. The van der Waals surface area contributed by atoms with E-state index in [9.17, 15) is 14.7 Å². The number of aliphatic hydroxyl groups excluding tert-OH is 1. The molecule has 1 amide bonds. The van der Waals surface area contributed by atoms with Crippen LogP contribution >= 0.6 is 23.2 Å². The minimum Gasteiger partial charge on any atom is -0.507 e. The predicted octanol–water partition coefficient (Wildman–Crippen LogP) is 4.76. The number of Topliss-reactive ketones (excluding diaryl/α,β-unsaturated/α-hetero) is 1. The molecule has 1 N–H and O–H groups in total. The maximum atomic E-state index is 13.0. The van der Waals surface area contributed by atoms with Gasteiger partial charge in [-0.05, 0) is 69.9 Å². The number of amides is 1. The van der Waals surface area contributed by atoms with Gasteiger partial charge in [0.2, 0.25) is 0 Å². The molecule has 1 heterocycles. The first-order chi connectivity index (χ1) is 15.1. The highest BCUT2D eigenvalue weighted by Crippen LogP contribution is 2.41. The average Bonchev–Trinajstić information content (AvgIpc) is 2.98. The van der Waals surface area contributed by atoms with Gasteiger partial charge in [-0.25, -0.2) is 0 Å². The number of likely N-dealkylation sites (tertiary alicyclic amines) is 1. The Labute approximate surface area is 198 Å². The predicted molar refractivity (Wildman–Crippen MR) is 126 cm³/mol. The van der Waals surface area contributed by atoms with Gasteiger partial charge in [0.15, 0.2) is 0 Å². The van der Waals surface area contributed by atoms with Crippen molar-refractivity contribution in [1.82, 2.24) is 9.80 Å². The summed E-state index contributed by atoms with van der Waals surface area (Å²) in [6, 6.07) is 10.9. The molecule has 0 aliphatic carbocycles. The van der Waals surface area contributed by atoms with E-state index in [-0.39, 0.29) is 17.4 Å². The molecule has 0 radical (unpaired) electrons. The van der Waals surface area contributed by atoms with E-state index in [4.69, 9.17) is 27.9 Å². The Balaban J connectivity index is 2.10. The highest BCUT2D eigenvalue weighted by atomic mass is 35.5. The quantitative estimate of drug-likeness (QED) is 0.354. The van der Waals surface area contributed by atoms with E-state index in [1.807, 2.05) is 32.8 Å². The van der Waals surface area contributed by atoms with Gasteiger partial charge in [0, 0.05) is 18.7 Å². The lowest BCUT2D eigenvalue weighted by molar-refractivity contribution is -0.140. The Hall–Kier alpha value is -2.54. The molecule has 0 saturated carbocycles. The summed E-state index contributed by atoms with van der Waals surface area (Å²) in [5.74, 6) is -1.00. The summed E-state index contributed by atoms with van der Waals surface area (Å²) in [5, 5.41) is 11.8. The fraction of sp³-hybridized carbons (Fsp3) is 0.333. The molecular weight excluding hydrogens is 451 g/mol. The van der Waals surface area contributed by atoms with Crippen LogP contribution in [0.3, 0.4) is 0 Å². The molecule has 170 valence electrons. The van der Waals surface area contributed by atoms with Crippen molar-refractivity contribution in [2.75, 3.05) is 27.2 Å². The third-order valence-electron chi connectivity index (χ3n) is 5.09. The summed E-state index contributed by atoms with van der Waals surface area (Å²) < 4.78 is 5.64. The molecule has 8 heteroatoms. The number of carbonyl (C=O) groups is 2. The van der Waals surface area contributed by atoms with Crippen LogP contribution in [0.2, 0.25) is 10.0 Å². The highest BCUT2D eigenvalue weighted by Gasteiger charge is 2.46. The number of hydrogen-bond donors (Lipinski definition) is 1. The zero-order chi connectivity index (χ0) is 23.6. The van der Waals surface area contributed by atoms with E-state index >= 15 is 0 Å². The molecule has 32 heavy (non-hydrogen) atoms. The molecule has 2 aromatic carbocycles. The first kappa shape index (κ1) is 24.1. The van der Waals surface area contributed by atoms with Crippen LogP contribution in [0.1, 0.15) is 31.0 Å². The van der Waals surface area contributed by atoms with Crippen LogP contribution in [-0.4, -0.2) is 59.9 Å². The van der Waals surface area contributed by atoms with Gasteiger partial charge in [-0.15, -0.1) is 0 Å². The Kier molecular flexibility index (Phi) is 7.49. The van der Waals surface area contributed by atoms with Gasteiger partial charge in [-0.3, -0.25) is 9.59 Å². The van der Waals surface area contributed by atoms with Gasteiger partial charge in [-0.1, -0.05) is 29.3 Å². The number of ketones is 1. The van der Waals surface area contributed by atoms with Gasteiger partial charge in [0.05, 0.1) is 27.8 Å². The number of benzene rings is 2. The number of hydrogen-bond acceptors (Lipinski definition) is 5. The van der Waals surface area contributed by atoms with E-state index < -0.39 is 17.7 Å². The highest BCUT2D eigenvalue weighted by molar-refractivity contribution is 6.46. The Morgan fingerprint density at radius 2 is 1.75 bits per heavy atom. The number of aliphatic hydroxyl groups is 1. The van der Waals surface area contributed by atoms with Crippen LogP contribution in [0.25, 0.3) is 5.76 Å². The molecule has 3 rings (SSSR count). The van der Waals surface area contributed by atoms with Crippen LogP contribution < -0.4 is 4.74 Å². The van der Waals surface area contributed by atoms with Crippen molar-refractivity contribution in [2.24, 2.45) is 0 Å². The number of likely N-dealkylation sites (N-methyl/N-ethyl adjacent to an activating group) is 1. The fourth-order valence-electron chi connectivity index (χ4n) is 3.57. The van der Waals surface area contributed by atoms with Crippen LogP contribution in [0.4, 0.5) is 0 Å². The van der Waals surface area contributed by atoms with Crippen molar-refractivity contribution < 1.29 is 19.4 Å². The van der Waals surface area contributed by atoms with Crippen LogP contribution in [0, 0.1) is 0 Å². The SMILES string of the molecule is CC(C)Oc1ccc(C(O)=C2C(=O)C(=O)N(CCN(C)C)[C@H]2c2ccc(Cl)c(Cl)c2)cc1. The third kappa shape index (κ3) is 5.09. The van der Waals surface area contributed by atoms with Crippen LogP contribution in [0.5, 0.6) is 5.75 Å². The summed E-state index contributed by atoms with van der Waals surface area (Å²) in [7, 11) is 3.76. The van der Waals surface area contributed by atoms with Gasteiger partial charge in [0.1, 0.15) is 11.5 Å². The molecule has 1 aliphatic rings. The van der Waals surface area contributed by atoms with E-state index in [1.54, 1.807) is 42.5 Å². The van der Waals surface area contributed by atoms with Crippen LogP contribution in [-0.2, 0) is 9.59 Å².